The van der Waals surface area contributed by atoms with Gasteiger partial charge in [-0.25, -0.2) is 9.37 Å². The SMILES string of the molecule is CC1CN(C(=O)c2csc(CSc3nnc(-c4ccco4)n3-c3ccccc3F)n2)CC(C)O1. The molecular weight excluding hydrogens is 477 g/mol. The Hall–Kier alpha value is -3.02. The first kappa shape index (κ1) is 22.8. The van der Waals surface area contributed by atoms with Gasteiger partial charge in [-0.2, -0.15) is 0 Å². The third kappa shape index (κ3) is 4.63. The van der Waals surface area contributed by atoms with Gasteiger partial charge in [0.25, 0.3) is 5.91 Å². The second-order valence-electron chi connectivity index (χ2n) is 7.95. The first-order chi connectivity index (χ1) is 16.5. The lowest BCUT2D eigenvalue weighted by Gasteiger charge is -2.34. The van der Waals surface area contributed by atoms with Gasteiger partial charge in [-0.15, -0.1) is 21.5 Å². The van der Waals surface area contributed by atoms with Gasteiger partial charge in [0.1, 0.15) is 16.5 Å². The Morgan fingerprint density at radius 3 is 2.71 bits per heavy atom. The topological polar surface area (TPSA) is 86.3 Å². The van der Waals surface area contributed by atoms with E-state index in [-0.39, 0.29) is 18.1 Å². The number of aromatic nitrogens is 4. The molecule has 0 saturated carbocycles. The van der Waals surface area contributed by atoms with Crippen LogP contribution in [0.25, 0.3) is 17.3 Å². The molecule has 4 aromatic rings. The van der Waals surface area contributed by atoms with Crippen molar-refractivity contribution in [3.63, 3.8) is 0 Å². The molecule has 1 amide bonds. The lowest BCUT2D eigenvalue weighted by molar-refractivity contribution is -0.0587. The van der Waals surface area contributed by atoms with Crippen LogP contribution in [-0.4, -0.2) is 55.9 Å². The van der Waals surface area contributed by atoms with Crippen LogP contribution in [0.1, 0.15) is 29.3 Å². The fourth-order valence-electron chi connectivity index (χ4n) is 3.89. The van der Waals surface area contributed by atoms with E-state index in [1.54, 1.807) is 45.2 Å². The van der Waals surface area contributed by atoms with E-state index >= 15 is 0 Å². The Bertz CT molecular complexity index is 1280. The van der Waals surface area contributed by atoms with Gasteiger partial charge in [0.05, 0.1) is 29.9 Å². The average molecular weight is 500 g/mol. The van der Waals surface area contributed by atoms with Gasteiger partial charge in [-0.1, -0.05) is 23.9 Å². The number of nitrogens with zero attached hydrogens (tertiary/aromatic N) is 5. The van der Waals surface area contributed by atoms with Crippen molar-refractivity contribution < 1.29 is 18.3 Å². The standard InChI is InChI=1S/C23H22FN5O3S2/c1-14-10-28(11-15(2)32-14)22(30)17-12-33-20(25-17)13-34-23-27-26-21(19-8-5-9-31-19)29(23)18-7-4-3-6-16(18)24/h3-9,12,14-15H,10-11,13H2,1-2H3. The zero-order valence-electron chi connectivity index (χ0n) is 18.6. The number of halogens is 1. The van der Waals surface area contributed by atoms with Crippen LogP contribution in [0.3, 0.4) is 0 Å². The van der Waals surface area contributed by atoms with Crippen molar-refractivity contribution >= 4 is 29.0 Å². The number of para-hydroxylation sites is 1. The van der Waals surface area contributed by atoms with Crippen LogP contribution < -0.4 is 0 Å². The molecule has 1 fully saturated rings. The smallest absolute Gasteiger partial charge is 0.273 e. The van der Waals surface area contributed by atoms with E-state index in [0.29, 0.717) is 47.0 Å². The molecule has 2 atom stereocenters. The summed E-state index contributed by atoms with van der Waals surface area (Å²) in [5.41, 5.74) is 0.751. The first-order valence-electron chi connectivity index (χ1n) is 10.8. The molecule has 176 valence electrons. The minimum atomic E-state index is -0.395. The van der Waals surface area contributed by atoms with Gasteiger partial charge in [-0.3, -0.25) is 9.36 Å². The molecule has 1 aliphatic heterocycles. The van der Waals surface area contributed by atoms with Crippen molar-refractivity contribution in [2.24, 2.45) is 0 Å². The lowest BCUT2D eigenvalue weighted by atomic mass is 10.2. The van der Waals surface area contributed by atoms with E-state index in [1.165, 1.54) is 35.4 Å². The zero-order valence-corrected chi connectivity index (χ0v) is 20.2. The Morgan fingerprint density at radius 2 is 1.97 bits per heavy atom. The third-order valence-electron chi connectivity index (χ3n) is 5.27. The van der Waals surface area contributed by atoms with Crippen molar-refractivity contribution in [2.75, 3.05) is 13.1 Å². The van der Waals surface area contributed by atoms with Crippen LogP contribution in [0.2, 0.25) is 0 Å². The predicted molar refractivity (Wildman–Crippen MR) is 127 cm³/mol. The van der Waals surface area contributed by atoms with Gasteiger partial charge in [0, 0.05) is 18.5 Å². The van der Waals surface area contributed by atoms with Crippen LogP contribution in [-0.2, 0) is 10.5 Å². The summed E-state index contributed by atoms with van der Waals surface area (Å²) >= 11 is 2.78. The minimum absolute atomic E-state index is 0.00513. The molecule has 1 saturated heterocycles. The highest BCUT2D eigenvalue weighted by Gasteiger charge is 2.28. The van der Waals surface area contributed by atoms with Gasteiger partial charge in [-0.05, 0) is 38.1 Å². The van der Waals surface area contributed by atoms with Crippen LogP contribution in [0.15, 0.2) is 57.6 Å². The molecule has 3 aromatic heterocycles. The van der Waals surface area contributed by atoms with Crippen molar-refractivity contribution in [3.05, 3.63) is 64.6 Å². The predicted octanol–water partition coefficient (Wildman–Crippen LogP) is 4.66. The maximum atomic E-state index is 14.7. The third-order valence-corrected chi connectivity index (χ3v) is 7.24. The average Bonchev–Trinajstić information content (AvgIpc) is 3.57. The molecule has 1 aromatic carbocycles. The van der Waals surface area contributed by atoms with Crippen molar-refractivity contribution in [1.29, 1.82) is 0 Å². The Balaban J connectivity index is 1.36. The van der Waals surface area contributed by atoms with E-state index in [1.807, 2.05) is 13.8 Å². The molecule has 4 heterocycles. The zero-order chi connectivity index (χ0) is 23.7. The summed E-state index contributed by atoms with van der Waals surface area (Å²) in [6, 6.07) is 9.94. The Morgan fingerprint density at radius 1 is 1.18 bits per heavy atom. The number of morpholine rings is 1. The number of hydrogen-bond donors (Lipinski definition) is 0. The molecule has 0 radical (unpaired) electrons. The number of benzene rings is 1. The van der Waals surface area contributed by atoms with E-state index in [4.69, 9.17) is 9.15 Å². The number of thioether (sulfide) groups is 1. The van der Waals surface area contributed by atoms with Gasteiger partial charge in [0.15, 0.2) is 10.9 Å². The molecule has 1 aliphatic rings. The summed E-state index contributed by atoms with van der Waals surface area (Å²) in [5.74, 6) is 0.859. The molecule has 0 aliphatic carbocycles. The Labute approximate surface area is 203 Å². The molecule has 8 nitrogen and oxygen atoms in total. The van der Waals surface area contributed by atoms with Gasteiger partial charge >= 0.3 is 0 Å². The number of thiazole rings is 1. The highest BCUT2D eigenvalue weighted by molar-refractivity contribution is 7.98. The van der Waals surface area contributed by atoms with Crippen LogP contribution in [0.5, 0.6) is 0 Å². The minimum Gasteiger partial charge on any atom is -0.461 e. The largest absolute Gasteiger partial charge is 0.461 e. The Kier molecular flexibility index (Phi) is 6.48. The normalized spacial score (nSPS) is 18.4. The van der Waals surface area contributed by atoms with Crippen molar-refractivity contribution in [3.8, 4) is 17.3 Å². The number of amides is 1. The summed E-state index contributed by atoms with van der Waals surface area (Å²) in [6.07, 6.45) is 1.52. The molecule has 5 rings (SSSR count). The summed E-state index contributed by atoms with van der Waals surface area (Å²) in [7, 11) is 0. The fraction of sp³-hybridized carbons (Fsp3) is 0.304. The van der Waals surface area contributed by atoms with Crippen LogP contribution in [0, 0.1) is 5.82 Å². The van der Waals surface area contributed by atoms with Crippen LogP contribution in [0.4, 0.5) is 4.39 Å². The molecule has 0 N–H and O–H groups in total. The number of rotatable bonds is 6. The number of furan rings is 1. The van der Waals surface area contributed by atoms with Crippen LogP contribution >= 0.6 is 23.1 Å². The van der Waals surface area contributed by atoms with E-state index in [9.17, 15) is 9.18 Å². The van der Waals surface area contributed by atoms with Gasteiger partial charge < -0.3 is 14.1 Å². The second kappa shape index (κ2) is 9.69. The number of ether oxygens (including phenoxy) is 1. The fourth-order valence-corrected chi connectivity index (χ4v) is 5.62. The number of carbonyl (C=O) groups is 1. The summed E-state index contributed by atoms with van der Waals surface area (Å²) in [4.78, 5) is 19.2. The van der Waals surface area contributed by atoms with E-state index in [2.05, 4.69) is 15.2 Å². The summed E-state index contributed by atoms with van der Waals surface area (Å²) < 4.78 is 27.5. The highest BCUT2D eigenvalue weighted by Crippen LogP contribution is 2.31. The molecule has 2 unspecified atom stereocenters. The monoisotopic (exact) mass is 499 g/mol. The summed E-state index contributed by atoms with van der Waals surface area (Å²) in [6.45, 7) is 5.02. The first-order valence-corrected chi connectivity index (χ1v) is 12.6. The quantitative estimate of drug-likeness (QED) is 0.357. The van der Waals surface area contributed by atoms with E-state index in [0.717, 1.165) is 5.01 Å². The molecular formula is C23H22FN5O3S2. The maximum Gasteiger partial charge on any atom is 0.273 e. The van der Waals surface area contributed by atoms with Crippen molar-refractivity contribution in [2.45, 2.75) is 37.0 Å². The molecule has 0 spiro atoms. The highest BCUT2D eigenvalue weighted by atomic mass is 32.2. The second-order valence-corrected chi connectivity index (χ2v) is 9.84. The molecule has 0 bridgehead atoms. The van der Waals surface area contributed by atoms with E-state index < -0.39 is 5.82 Å². The lowest BCUT2D eigenvalue weighted by Crippen LogP contribution is -2.48. The van der Waals surface area contributed by atoms with Gasteiger partial charge in [0.2, 0.25) is 5.82 Å². The molecule has 34 heavy (non-hydrogen) atoms. The summed E-state index contributed by atoms with van der Waals surface area (Å²) in [5, 5.41) is 11.6. The van der Waals surface area contributed by atoms with Crippen molar-refractivity contribution in [1.82, 2.24) is 24.6 Å². The number of hydrogen-bond acceptors (Lipinski definition) is 8. The number of carbonyl (C=O) groups excluding carboxylic acids is 1. The maximum absolute atomic E-state index is 14.7. The molecule has 11 heteroatoms.